The molecule has 0 saturated carbocycles. The number of thiazole rings is 1. The molecule has 2 aliphatic rings. The SMILES string of the molecule is CC.CN1CC2CCC(C1)N2C.O=Cc1cnc(CC(F)(F)F)s1. The van der Waals surface area contributed by atoms with Crippen molar-refractivity contribution in [3.63, 3.8) is 0 Å². The third-order valence-electron chi connectivity index (χ3n) is 4.07. The van der Waals surface area contributed by atoms with Crippen LogP contribution in [0.25, 0.3) is 0 Å². The first-order chi connectivity index (χ1) is 11.3. The summed E-state index contributed by atoms with van der Waals surface area (Å²) in [5.74, 6) is 0. The molecule has 8 heteroatoms. The van der Waals surface area contributed by atoms with Crippen molar-refractivity contribution in [3.8, 4) is 0 Å². The normalized spacial score (nSPS) is 23.8. The first-order valence-corrected chi connectivity index (χ1v) is 8.97. The molecule has 1 aromatic heterocycles. The summed E-state index contributed by atoms with van der Waals surface area (Å²) in [5, 5.41) is -0.0791. The largest absolute Gasteiger partial charge is 0.395 e. The number of hydrogen-bond donors (Lipinski definition) is 0. The lowest BCUT2D eigenvalue weighted by molar-refractivity contribution is -0.127. The minimum absolute atomic E-state index is 0.0791. The Morgan fingerprint density at radius 2 is 1.79 bits per heavy atom. The van der Waals surface area contributed by atoms with Gasteiger partial charge in [0.15, 0.2) is 6.29 Å². The topological polar surface area (TPSA) is 36.4 Å². The number of halogens is 3. The molecule has 2 bridgehead atoms. The molecule has 3 heterocycles. The maximum absolute atomic E-state index is 11.7. The fraction of sp³-hybridized carbons (Fsp3) is 0.750. The first-order valence-electron chi connectivity index (χ1n) is 8.15. The number of aldehydes is 1. The van der Waals surface area contributed by atoms with Crippen molar-refractivity contribution < 1.29 is 18.0 Å². The number of likely N-dealkylation sites (N-methyl/N-ethyl adjacent to an activating group) is 2. The molecule has 138 valence electrons. The van der Waals surface area contributed by atoms with Gasteiger partial charge in [0.05, 0.1) is 11.3 Å². The standard InChI is InChI=1S/C8H16N2.C6H4F3NOS.C2H6/c1-9-5-7-3-4-8(6-9)10(7)2;7-6(8,9)1-5-10-2-4(3-11)12-5;1-2/h7-8H,3-6H2,1-2H3;2-3H,1H2;1-2H3. The Hall–Kier alpha value is -0.990. The molecule has 1 aromatic rings. The molecule has 0 N–H and O–H groups in total. The second-order valence-corrected chi connectivity index (χ2v) is 6.98. The van der Waals surface area contributed by atoms with Crippen LogP contribution in [0, 0.1) is 0 Å². The molecular formula is C16H26F3N3OS. The Bertz CT molecular complexity index is 493. The van der Waals surface area contributed by atoms with E-state index in [9.17, 15) is 18.0 Å². The zero-order chi connectivity index (χ0) is 18.3. The van der Waals surface area contributed by atoms with E-state index >= 15 is 0 Å². The summed E-state index contributed by atoms with van der Waals surface area (Å²) in [4.78, 5) is 18.7. The number of alkyl halides is 3. The van der Waals surface area contributed by atoms with Crippen LogP contribution in [0.3, 0.4) is 0 Å². The fourth-order valence-corrected chi connectivity index (χ4v) is 3.72. The third-order valence-corrected chi connectivity index (χ3v) is 4.99. The summed E-state index contributed by atoms with van der Waals surface area (Å²) in [5.41, 5.74) is 0. The van der Waals surface area contributed by atoms with Crippen LogP contribution in [0.1, 0.15) is 41.4 Å². The molecule has 0 amide bonds. The van der Waals surface area contributed by atoms with Crippen LogP contribution in [0.2, 0.25) is 0 Å². The van der Waals surface area contributed by atoms with E-state index in [2.05, 4.69) is 28.9 Å². The lowest BCUT2D eigenvalue weighted by Crippen LogP contribution is -2.50. The number of aromatic nitrogens is 1. The minimum atomic E-state index is -4.25. The smallest absolute Gasteiger partial charge is 0.303 e. The number of fused-ring (bicyclic) bond motifs is 2. The summed E-state index contributed by atoms with van der Waals surface area (Å²) < 4.78 is 35.2. The van der Waals surface area contributed by atoms with Gasteiger partial charge in [0, 0.05) is 31.4 Å². The van der Waals surface area contributed by atoms with Crippen LogP contribution in [-0.2, 0) is 6.42 Å². The third kappa shape index (κ3) is 6.49. The van der Waals surface area contributed by atoms with E-state index in [0.717, 1.165) is 29.6 Å². The molecule has 0 radical (unpaired) electrons. The highest BCUT2D eigenvalue weighted by molar-refractivity contribution is 7.13. The van der Waals surface area contributed by atoms with Gasteiger partial charge in [0.2, 0.25) is 0 Å². The summed E-state index contributed by atoms with van der Waals surface area (Å²) >= 11 is 0.761. The number of rotatable bonds is 2. The van der Waals surface area contributed by atoms with Crippen LogP contribution < -0.4 is 0 Å². The maximum atomic E-state index is 11.7. The predicted octanol–water partition coefficient (Wildman–Crippen LogP) is 3.48. The second kappa shape index (κ2) is 9.48. The van der Waals surface area contributed by atoms with E-state index in [0.29, 0.717) is 6.29 Å². The molecule has 3 rings (SSSR count). The van der Waals surface area contributed by atoms with Crippen LogP contribution >= 0.6 is 11.3 Å². The zero-order valence-corrected chi connectivity index (χ0v) is 15.5. The molecule has 0 aliphatic carbocycles. The van der Waals surface area contributed by atoms with Crippen molar-refractivity contribution in [3.05, 3.63) is 16.1 Å². The summed E-state index contributed by atoms with van der Waals surface area (Å²) in [6.45, 7) is 6.57. The molecule has 2 aliphatic heterocycles. The molecule has 0 spiro atoms. The minimum Gasteiger partial charge on any atom is -0.303 e. The van der Waals surface area contributed by atoms with Gasteiger partial charge in [0.1, 0.15) is 5.01 Å². The van der Waals surface area contributed by atoms with Crippen molar-refractivity contribution in [2.24, 2.45) is 0 Å². The lowest BCUT2D eigenvalue weighted by Gasteiger charge is -2.36. The molecule has 0 aromatic carbocycles. The zero-order valence-electron chi connectivity index (χ0n) is 14.6. The van der Waals surface area contributed by atoms with E-state index < -0.39 is 12.6 Å². The van der Waals surface area contributed by atoms with Gasteiger partial charge in [-0.3, -0.25) is 9.69 Å². The predicted molar refractivity (Wildman–Crippen MR) is 90.7 cm³/mol. The molecule has 24 heavy (non-hydrogen) atoms. The molecule has 2 saturated heterocycles. The van der Waals surface area contributed by atoms with Gasteiger partial charge in [-0.25, -0.2) is 4.98 Å². The van der Waals surface area contributed by atoms with Gasteiger partial charge in [-0.15, -0.1) is 11.3 Å². The van der Waals surface area contributed by atoms with E-state index in [-0.39, 0.29) is 9.88 Å². The number of carbonyl (C=O) groups is 1. The number of hydrogen-bond acceptors (Lipinski definition) is 5. The van der Waals surface area contributed by atoms with Crippen LogP contribution in [0.15, 0.2) is 6.20 Å². The summed E-state index contributed by atoms with van der Waals surface area (Å²) in [7, 11) is 4.51. The van der Waals surface area contributed by atoms with Gasteiger partial charge < -0.3 is 4.90 Å². The number of piperazine rings is 1. The fourth-order valence-electron chi connectivity index (χ4n) is 2.96. The quantitative estimate of drug-likeness (QED) is 0.752. The molecule has 2 atom stereocenters. The van der Waals surface area contributed by atoms with E-state index in [1.165, 1.54) is 25.9 Å². The molecular weight excluding hydrogens is 339 g/mol. The van der Waals surface area contributed by atoms with Crippen molar-refractivity contribution >= 4 is 17.6 Å². The highest BCUT2D eigenvalue weighted by Crippen LogP contribution is 2.27. The highest BCUT2D eigenvalue weighted by Gasteiger charge is 2.35. The van der Waals surface area contributed by atoms with E-state index in [1.54, 1.807) is 0 Å². The van der Waals surface area contributed by atoms with Crippen molar-refractivity contribution in [2.75, 3.05) is 27.2 Å². The summed E-state index contributed by atoms with van der Waals surface area (Å²) in [6, 6.07) is 1.73. The van der Waals surface area contributed by atoms with Crippen molar-refractivity contribution in [2.45, 2.75) is 51.4 Å². The first kappa shape index (κ1) is 21.1. The Kier molecular flexibility index (Phi) is 8.32. The Morgan fingerprint density at radius 1 is 1.25 bits per heavy atom. The summed E-state index contributed by atoms with van der Waals surface area (Å²) in [6.07, 6.45) is -0.850. The monoisotopic (exact) mass is 365 g/mol. The highest BCUT2D eigenvalue weighted by atomic mass is 32.1. The molecule has 2 unspecified atom stereocenters. The Morgan fingerprint density at radius 3 is 2.21 bits per heavy atom. The average molecular weight is 365 g/mol. The van der Waals surface area contributed by atoms with Gasteiger partial charge in [-0.2, -0.15) is 13.2 Å². The lowest BCUT2D eigenvalue weighted by atomic mass is 10.2. The number of likely N-dealkylation sites (tertiary alicyclic amines) is 1. The van der Waals surface area contributed by atoms with E-state index in [4.69, 9.17) is 0 Å². The Labute approximate surface area is 145 Å². The van der Waals surface area contributed by atoms with Crippen molar-refractivity contribution in [1.29, 1.82) is 0 Å². The van der Waals surface area contributed by atoms with Crippen LogP contribution in [0.5, 0.6) is 0 Å². The van der Waals surface area contributed by atoms with Gasteiger partial charge >= 0.3 is 6.18 Å². The molecule has 4 nitrogen and oxygen atoms in total. The van der Waals surface area contributed by atoms with Gasteiger partial charge in [0.25, 0.3) is 0 Å². The second-order valence-electron chi connectivity index (χ2n) is 5.84. The maximum Gasteiger partial charge on any atom is 0.395 e. The number of nitrogens with zero attached hydrogens (tertiary/aromatic N) is 3. The Balaban J connectivity index is 0.000000220. The van der Waals surface area contributed by atoms with E-state index in [1.807, 2.05) is 13.8 Å². The van der Waals surface area contributed by atoms with Crippen LogP contribution in [-0.4, -0.2) is 66.5 Å². The van der Waals surface area contributed by atoms with Gasteiger partial charge in [-0.1, -0.05) is 13.8 Å². The number of carbonyl (C=O) groups excluding carboxylic acids is 1. The van der Waals surface area contributed by atoms with Gasteiger partial charge in [-0.05, 0) is 26.9 Å². The van der Waals surface area contributed by atoms with Crippen molar-refractivity contribution in [1.82, 2.24) is 14.8 Å². The molecule has 2 fully saturated rings. The van der Waals surface area contributed by atoms with Crippen LogP contribution in [0.4, 0.5) is 13.2 Å². The average Bonchev–Trinajstić information content (AvgIpc) is 3.03.